The van der Waals surface area contributed by atoms with E-state index < -0.39 is 5.41 Å². The Bertz CT molecular complexity index is 1120. The minimum Gasteiger partial charge on any atom is -0.508 e. The third kappa shape index (κ3) is 3.37. The number of phenols is 1. The van der Waals surface area contributed by atoms with Crippen LogP contribution in [0.5, 0.6) is 11.5 Å². The van der Waals surface area contributed by atoms with E-state index in [-0.39, 0.29) is 23.6 Å². The van der Waals surface area contributed by atoms with Gasteiger partial charge in [-0.15, -0.1) is 0 Å². The van der Waals surface area contributed by atoms with E-state index in [1.807, 2.05) is 11.0 Å². The smallest absolute Gasteiger partial charge is 0.235 e. The lowest BCUT2D eigenvalue weighted by atomic mass is 9.73. The van der Waals surface area contributed by atoms with E-state index in [9.17, 15) is 14.7 Å². The second-order valence-electron chi connectivity index (χ2n) is 9.71. The number of nitrogens with one attached hydrogen (secondary N) is 1. The molecule has 0 aliphatic carbocycles. The zero-order valence-corrected chi connectivity index (χ0v) is 18.7. The highest BCUT2D eigenvalue weighted by molar-refractivity contribution is 6.06. The third-order valence-electron chi connectivity index (χ3n) is 8.01. The van der Waals surface area contributed by atoms with Gasteiger partial charge in [0.05, 0.1) is 11.5 Å². The number of likely N-dealkylation sites (tertiary alicyclic amines) is 1. The number of phenolic OH excluding ortho intramolecular Hbond substituents is 1. The van der Waals surface area contributed by atoms with Crippen LogP contribution in [0.2, 0.25) is 0 Å². The molecule has 2 fully saturated rings. The average molecular weight is 448 g/mol. The quantitative estimate of drug-likeness (QED) is 0.705. The van der Waals surface area contributed by atoms with Crippen molar-refractivity contribution in [3.05, 3.63) is 53.1 Å². The predicted molar refractivity (Wildman–Crippen MR) is 123 cm³/mol. The minimum absolute atomic E-state index is 0.0515. The normalized spacial score (nSPS) is 23.3. The van der Waals surface area contributed by atoms with Gasteiger partial charge in [0.2, 0.25) is 11.8 Å². The number of benzene rings is 2. The molecule has 0 aromatic heterocycles. The number of aromatic hydroxyl groups is 1. The van der Waals surface area contributed by atoms with E-state index in [0.29, 0.717) is 13.0 Å². The highest BCUT2D eigenvalue weighted by Crippen LogP contribution is 2.46. The van der Waals surface area contributed by atoms with Crippen LogP contribution in [0, 0.1) is 0 Å². The Morgan fingerprint density at radius 3 is 2.76 bits per heavy atom. The Morgan fingerprint density at radius 1 is 1.06 bits per heavy atom. The first-order valence-electron chi connectivity index (χ1n) is 12.0. The SMILES string of the molecule is O=C1CCC2c3ccc(OCCN4CCC5(CC4)C(=O)Nc4ccc(O)cc45)cc3CCN12. The van der Waals surface area contributed by atoms with Gasteiger partial charge in [0, 0.05) is 25.2 Å². The van der Waals surface area contributed by atoms with Crippen LogP contribution in [0.1, 0.15) is 48.4 Å². The van der Waals surface area contributed by atoms with Crippen molar-refractivity contribution in [1.29, 1.82) is 0 Å². The van der Waals surface area contributed by atoms with E-state index in [1.165, 1.54) is 11.1 Å². The van der Waals surface area contributed by atoms with Gasteiger partial charge in [-0.05, 0) is 85.8 Å². The Balaban J connectivity index is 1.05. The molecule has 4 aliphatic heterocycles. The van der Waals surface area contributed by atoms with Crippen LogP contribution in [-0.2, 0) is 21.4 Å². The van der Waals surface area contributed by atoms with E-state index in [1.54, 1.807) is 18.2 Å². The highest BCUT2D eigenvalue weighted by Gasteiger charge is 2.48. The molecular weight excluding hydrogens is 418 g/mol. The molecule has 6 rings (SSSR count). The summed E-state index contributed by atoms with van der Waals surface area (Å²) in [4.78, 5) is 29.2. The lowest BCUT2D eigenvalue weighted by molar-refractivity contribution is -0.129. The Kier molecular flexibility index (Phi) is 4.83. The molecule has 2 N–H and O–H groups in total. The van der Waals surface area contributed by atoms with Crippen LogP contribution in [0.15, 0.2) is 36.4 Å². The molecule has 1 unspecified atom stereocenters. The number of carbonyl (C=O) groups is 2. The molecule has 0 saturated carbocycles. The van der Waals surface area contributed by atoms with Crippen LogP contribution in [0.3, 0.4) is 0 Å². The van der Waals surface area contributed by atoms with Crippen LogP contribution in [0.4, 0.5) is 5.69 Å². The van der Waals surface area contributed by atoms with Crippen molar-refractivity contribution in [2.45, 2.75) is 43.6 Å². The van der Waals surface area contributed by atoms with Crippen LogP contribution in [0.25, 0.3) is 0 Å². The molecule has 0 radical (unpaired) electrons. The molecule has 7 nitrogen and oxygen atoms in total. The van der Waals surface area contributed by atoms with Gasteiger partial charge in [-0.25, -0.2) is 0 Å². The van der Waals surface area contributed by atoms with Crippen molar-refractivity contribution in [2.75, 3.05) is 38.1 Å². The fourth-order valence-electron chi connectivity index (χ4n) is 6.14. The summed E-state index contributed by atoms with van der Waals surface area (Å²) in [6, 6.07) is 11.7. The van der Waals surface area contributed by atoms with Crippen molar-refractivity contribution in [3.8, 4) is 11.5 Å². The maximum Gasteiger partial charge on any atom is 0.235 e. The zero-order valence-electron chi connectivity index (χ0n) is 18.7. The number of hydrogen-bond acceptors (Lipinski definition) is 5. The molecule has 33 heavy (non-hydrogen) atoms. The first kappa shape index (κ1) is 20.5. The second kappa shape index (κ2) is 7.76. The number of nitrogens with zero attached hydrogens (tertiary/aromatic N) is 2. The molecule has 7 heteroatoms. The molecule has 1 spiro atoms. The summed E-state index contributed by atoms with van der Waals surface area (Å²) in [5, 5.41) is 12.9. The topological polar surface area (TPSA) is 82.1 Å². The average Bonchev–Trinajstić information content (AvgIpc) is 3.33. The standard InChI is InChI=1S/C26H29N3O4/c30-18-1-4-22-21(16-18)26(25(32)27-22)8-11-28(12-9-26)13-14-33-19-2-3-20-17(15-19)7-10-29-23(20)5-6-24(29)31/h1-4,15-16,23,30H,5-14H2,(H,27,32). The zero-order chi connectivity index (χ0) is 22.6. The molecule has 4 heterocycles. The van der Waals surface area contributed by atoms with Gasteiger partial charge in [0.15, 0.2) is 0 Å². The largest absolute Gasteiger partial charge is 0.508 e. The Hall–Kier alpha value is -3.06. The van der Waals surface area contributed by atoms with Gasteiger partial charge in [-0.1, -0.05) is 6.07 Å². The molecule has 2 aromatic carbocycles. The molecule has 4 aliphatic rings. The molecule has 0 bridgehead atoms. The first-order chi connectivity index (χ1) is 16.0. The van der Waals surface area contributed by atoms with Gasteiger partial charge in [-0.3, -0.25) is 14.5 Å². The third-order valence-corrected chi connectivity index (χ3v) is 8.01. The van der Waals surface area contributed by atoms with Gasteiger partial charge in [0.25, 0.3) is 0 Å². The number of hydrogen-bond donors (Lipinski definition) is 2. The van der Waals surface area contributed by atoms with E-state index in [2.05, 4.69) is 22.3 Å². The maximum atomic E-state index is 12.8. The van der Waals surface area contributed by atoms with Crippen LogP contribution in [-0.4, -0.2) is 59.5 Å². The lowest BCUT2D eigenvalue weighted by Crippen LogP contribution is -2.47. The number of amides is 2. The van der Waals surface area contributed by atoms with E-state index >= 15 is 0 Å². The second-order valence-corrected chi connectivity index (χ2v) is 9.71. The van der Waals surface area contributed by atoms with Crippen molar-refractivity contribution in [3.63, 3.8) is 0 Å². The number of rotatable bonds is 4. The summed E-state index contributed by atoms with van der Waals surface area (Å²) < 4.78 is 6.08. The van der Waals surface area contributed by atoms with Gasteiger partial charge in [-0.2, -0.15) is 0 Å². The molecule has 2 saturated heterocycles. The monoisotopic (exact) mass is 447 g/mol. The van der Waals surface area contributed by atoms with E-state index in [0.717, 1.165) is 68.9 Å². The predicted octanol–water partition coefficient (Wildman–Crippen LogP) is 2.98. The summed E-state index contributed by atoms with van der Waals surface area (Å²) >= 11 is 0. The lowest BCUT2D eigenvalue weighted by Gasteiger charge is -2.38. The fraction of sp³-hybridized carbons (Fsp3) is 0.462. The summed E-state index contributed by atoms with van der Waals surface area (Å²) in [7, 11) is 0. The summed E-state index contributed by atoms with van der Waals surface area (Å²) in [6.07, 6.45) is 3.95. The molecule has 2 amide bonds. The number of carbonyl (C=O) groups excluding carboxylic acids is 2. The number of fused-ring (bicyclic) bond motifs is 5. The maximum absolute atomic E-state index is 12.8. The number of anilines is 1. The summed E-state index contributed by atoms with van der Waals surface area (Å²) in [5.41, 5.74) is 3.81. The molecular formula is C26H29N3O4. The van der Waals surface area contributed by atoms with Crippen molar-refractivity contribution >= 4 is 17.5 Å². The van der Waals surface area contributed by atoms with E-state index in [4.69, 9.17) is 4.74 Å². The van der Waals surface area contributed by atoms with Gasteiger partial charge in [0.1, 0.15) is 18.1 Å². The molecule has 1 atom stereocenters. The Morgan fingerprint density at radius 2 is 1.91 bits per heavy atom. The number of ether oxygens (including phenoxy) is 1. The summed E-state index contributed by atoms with van der Waals surface area (Å²) in [6.45, 7) is 3.86. The van der Waals surface area contributed by atoms with Crippen LogP contribution < -0.4 is 10.1 Å². The Labute approximate surface area is 193 Å². The molecule has 172 valence electrons. The van der Waals surface area contributed by atoms with Gasteiger partial charge < -0.3 is 20.1 Å². The van der Waals surface area contributed by atoms with Crippen LogP contribution >= 0.6 is 0 Å². The number of piperidine rings is 1. The van der Waals surface area contributed by atoms with Gasteiger partial charge >= 0.3 is 0 Å². The summed E-state index contributed by atoms with van der Waals surface area (Å²) in [5.74, 6) is 1.43. The highest BCUT2D eigenvalue weighted by atomic mass is 16.5. The minimum atomic E-state index is -0.528. The van der Waals surface area contributed by atoms with Crippen molar-refractivity contribution in [2.24, 2.45) is 0 Å². The molecule has 2 aromatic rings. The first-order valence-corrected chi connectivity index (χ1v) is 12.0. The fourth-order valence-corrected chi connectivity index (χ4v) is 6.14. The van der Waals surface area contributed by atoms with Crippen molar-refractivity contribution in [1.82, 2.24) is 9.80 Å². The van der Waals surface area contributed by atoms with Crippen molar-refractivity contribution < 1.29 is 19.4 Å².